The Balaban J connectivity index is 1.43. The maximum absolute atomic E-state index is 12.7. The predicted octanol–water partition coefficient (Wildman–Crippen LogP) is 1.98. The largest absolute Gasteiger partial charge is 0.339 e. The Bertz CT molecular complexity index is 1040. The molecule has 1 aliphatic heterocycles. The maximum Gasteiger partial charge on any atom is 0.315 e. The van der Waals surface area contributed by atoms with Crippen LogP contribution in [0.15, 0.2) is 53.4 Å². The minimum Gasteiger partial charge on any atom is -0.339 e. The van der Waals surface area contributed by atoms with Crippen molar-refractivity contribution < 1.29 is 18.0 Å². The molecule has 2 N–H and O–H groups in total. The number of urea groups is 1. The summed E-state index contributed by atoms with van der Waals surface area (Å²) in [7, 11) is -3.66. The van der Waals surface area contributed by atoms with Gasteiger partial charge in [-0.15, -0.1) is 0 Å². The Morgan fingerprint density at radius 2 is 1.68 bits per heavy atom. The van der Waals surface area contributed by atoms with E-state index < -0.39 is 16.1 Å². The molecule has 0 bridgehead atoms. The van der Waals surface area contributed by atoms with Crippen molar-refractivity contribution in [1.82, 2.24) is 19.8 Å². The molecule has 0 radical (unpaired) electrons. The molecule has 1 fully saturated rings. The molecule has 0 aliphatic carbocycles. The lowest BCUT2D eigenvalue weighted by molar-refractivity contribution is -0.131. The standard InChI is InChI=1S/C21H25ClN4O4S/c1-16-5-7-17(8-6-16)14-23-21(28)24-15-20(27)25-9-11-26(12-10-25)31(29,30)19-4-2-3-18(22)13-19/h2-8,13H,9-12,14-15H2,1H3,(H2,23,24,28). The van der Waals surface area contributed by atoms with Crippen LogP contribution in [0.3, 0.4) is 0 Å². The van der Waals surface area contributed by atoms with Crippen LogP contribution >= 0.6 is 11.6 Å². The van der Waals surface area contributed by atoms with Crippen molar-refractivity contribution in [2.75, 3.05) is 32.7 Å². The van der Waals surface area contributed by atoms with Gasteiger partial charge in [-0.2, -0.15) is 4.31 Å². The second-order valence-corrected chi connectivity index (χ2v) is 9.64. The van der Waals surface area contributed by atoms with E-state index in [-0.39, 0.29) is 43.5 Å². The molecular weight excluding hydrogens is 440 g/mol. The molecule has 10 heteroatoms. The fourth-order valence-electron chi connectivity index (χ4n) is 3.17. The Kier molecular flexibility index (Phi) is 7.53. The smallest absolute Gasteiger partial charge is 0.315 e. The molecule has 1 saturated heterocycles. The molecule has 0 atom stereocenters. The van der Waals surface area contributed by atoms with Crippen LogP contribution in [0.5, 0.6) is 0 Å². The fraction of sp³-hybridized carbons (Fsp3) is 0.333. The number of hydrogen-bond donors (Lipinski definition) is 2. The highest BCUT2D eigenvalue weighted by molar-refractivity contribution is 7.89. The van der Waals surface area contributed by atoms with Gasteiger partial charge in [0.15, 0.2) is 0 Å². The van der Waals surface area contributed by atoms with Crippen LogP contribution in [0.4, 0.5) is 4.79 Å². The Hall–Kier alpha value is -2.62. The van der Waals surface area contributed by atoms with Crippen LogP contribution in [0, 0.1) is 6.92 Å². The number of nitrogens with one attached hydrogen (secondary N) is 2. The zero-order valence-electron chi connectivity index (χ0n) is 17.2. The van der Waals surface area contributed by atoms with Crippen LogP contribution in [0.2, 0.25) is 5.02 Å². The number of nitrogens with zero attached hydrogens (tertiary/aromatic N) is 2. The molecule has 3 amide bonds. The SMILES string of the molecule is Cc1ccc(CNC(=O)NCC(=O)N2CCN(S(=O)(=O)c3cccc(Cl)c3)CC2)cc1. The molecule has 0 aromatic heterocycles. The van der Waals surface area contributed by atoms with Crippen molar-refractivity contribution >= 4 is 33.6 Å². The van der Waals surface area contributed by atoms with E-state index in [1.54, 1.807) is 17.0 Å². The Morgan fingerprint density at radius 1 is 1.00 bits per heavy atom. The highest BCUT2D eigenvalue weighted by atomic mass is 35.5. The van der Waals surface area contributed by atoms with Crippen molar-refractivity contribution in [1.29, 1.82) is 0 Å². The summed E-state index contributed by atoms with van der Waals surface area (Å²) in [5.41, 5.74) is 2.10. The van der Waals surface area contributed by atoms with Gasteiger partial charge in [0.05, 0.1) is 11.4 Å². The number of carbonyl (C=O) groups excluding carboxylic acids is 2. The number of amides is 3. The number of sulfonamides is 1. The third-order valence-corrected chi connectivity index (χ3v) is 7.13. The summed E-state index contributed by atoms with van der Waals surface area (Å²) in [6, 6.07) is 13.5. The summed E-state index contributed by atoms with van der Waals surface area (Å²) >= 11 is 5.90. The molecule has 8 nitrogen and oxygen atoms in total. The molecule has 0 spiro atoms. The zero-order valence-corrected chi connectivity index (χ0v) is 18.7. The first-order valence-electron chi connectivity index (χ1n) is 9.86. The Morgan fingerprint density at radius 3 is 2.32 bits per heavy atom. The van der Waals surface area contributed by atoms with Crippen molar-refractivity contribution in [2.24, 2.45) is 0 Å². The quantitative estimate of drug-likeness (QED) is 0.682. The first kappa shape index (κ1) is 23.1. The van der Waals surface area contributed by atoms with E-state index in [1.807, 2.05) is 31.2 Å². The van der Waals surface area contributed by atoms with Crippen LogP contribution < -0.4 is 10.6 Å². The van der Waals surface area contributed by atoms with E-state index in [4.69, 9.17) is 11.6 Å². The molecular formula is C21H25ClN4O4S. The topological polar surface area (TPSA) is 98.8 Å². The zero-order chi connectivity index (χ0) is 22.4. The second-order valence-electron chi connectivity index (χ2n) is 7.26. The van der Waals surface area contributed by atoms with Gasteiger partial charge in [0.1, 0.15) is 0 Å². The molecule has 166 valence electrons. The molecule has 0 saturated carbocycles. The maximum atomic E-state index is 12.7. The number of hydrogen-bond acceptors (Lipinski definition) is 4. The van der Waals surface area contributed by atoms with E-state index in [9.17, 15) is 18.0 Å². The van der Waals surface area contributed by atoms with Gasteiger partial charge in [0.2, 0.25) is 15.9 Å². The van der Waals surface area contributed by atoms with E-state index in [0.29, 0.717) is 11.6 Å². The molecule has 31 heavy (non-hydrogen) atoms. The summed E-state index contributed by atoms with van der Waals surface area (Å²) in [6.45, 7) is 3.07. The first-order valence-corrected chi connectivity index (χ1v) is 11.7. The lowest BCUT2D eigenvalue weighted by atomic mass is 10.1. The minimum atomic E-state index is -3.66. The molecule has 2 aromatic carbocycles. The number of rotatable bonds is 6. The van der Waals surface area contributed by atoms with Crippen molar-refractivity contribution in [3.05, 3.63) is 64.7 Å². The van der Waals surface area contributed by atoms with Crippen LogP contribution in [0.1, 0.15) is 11.1 Å². The molecule has 1 heterocycles. The van der Waals surface area contributed by atoms with Gasteiger partial charge in [-0.1, -0.05) is 47.5 Å². The molecule has 0 unspecified atom stereocenters. The number of carbonyl (C=O) groups is 2. The summed E-state index contributed by atoms with van der Waals surface area (Å²) < 4.78 is 26.8. The van der Waals surface area contributed by atoms with E-state index in [0.717, 1.165) is 11.1 Å². The van der Waals surface area contributed by atoms with Gasteiger partial charge < -0.3 is 15.5 Å². The van der Waals surface area contributed by atoms with Crippen molar-refractivity contribution in [2.45, 2.75) is 18.4 Å². The second kappa shape index (κ2) is 10.1. The van der Waals surface area contributed by atoms with Gasteiger partial charge >= 0.3 is 6.03 Å². The summed E-state index contributed by atoms with van der Waals surface area (Å²) in [5.74, 6) is -0.259. The monoisotopic (exact) mass is 464 g/mol. The lowest BCUT2D eigenvalue weighted by Gasteiger charge is -2.34. The van der Waals surface area contributed by atoms with E-state index >= 15 is 0 Å². The van der Waals surface area contributed by atoms with Gasteiger partial charge in [0, 0.05) is 37.7 Å². The van der Waals surface area contributed by atoms with Crippen molar-refractivity contribution in [3.8, 4) is 0 Å². The normalized spacial score (nSPS) is 14.8. The van der Waals surface area contributed by atoms with E-state index in [1.165, 1.54) is 16.4 Å². The average Bonchev–Trinajstić information content (AvgIpc) is 2.77. The highest BCUT2D eigenvalue weighted by Crippen LogP contribution is 2.20. The number of halogens is 1. The number of piperazine rings is 1. The van der Waals surface area contributed by atoms with Gasteiger partial charge in [-0.25, -0.2) is 13.2 Å². The summed E-state index contributed by atoms with van der Waals surface area (Å²) in [6.07, 6.45) is 0. The molecule has 2 aromatic rings. The van der Waals surface area contributed by atoms with Gasteiger partial charge in [0.25, 0.3) is 0 Å². The van der Waals surface area contributed by atoms with Gasteiger partial charge in [-0.3, -0.25) is 4.79 Å². The van der Waals surface area contributed by atoms with Crippen LogP contribution in [0.25, 0.3) is 0 Å². The third-order valence-electron chi connectivity index (χ3n) is 5.00. The fourth-order valence-corrected chi connectivity index (χ4v) is 4.90. The van der Waals surface area contributed by atoms with Crippen LogP contribution in [-0.2, 0) is 21.4 Å². The predicted molar refractivity (Wildman–Crippen MR) is 118 cm³/mol. The molecule has 1 aliphatic rings. The number of aryl methyl sites for hydroxylation is 1. The summed E-state index contributed by atoms with van der Waals surface area (Å²) in [5, 5.41) is 5.60. The van der Waals surface area contributed by atoms with Gasteiger partial charge in [-0.05, 0) is 30.7 Å². The van der Waals surface area contributed by atoms with E-state index in [2.05, 4.69) is 10.6 Å². The third kappa shape index (κ3) is 6.19. The van der Waals surface area contributed by atoms with Crippen LogP contribution in [-0.4, -0.2) is 62.3 Å². The number of benzene rings is 2. The average molecular weight is 465 g/mol. The minimum absolute atomic E-state index is 0.131. The lowest BCUT2D eigenvalue weighted by Crippen LogP contribution is -2.53. The highest BCUT2D eigenvalue weighted by Gasteiger charge is 2.30. The van der Waals surface area contributed by atoms with Crippen molar-refractivity contribution in [3.63, 3.8) is 0 Å². The first-order chi connectivity index (χ1) is 14.8. The Labute approximate surface area is 187 Å². The summed E-state index contributed by atoms with van der Waals surface area (Å²) in [4.78, 5) is 26.0. The molecule has 3 rings (SSSR count).